The molecule has 0 aromatic rings. The van der Waals surface area contributed by atoms with Crippen LogP contribution in [-0.4, -0.2) is 94.4 Å². The second-order valence-electron chi connectivity index (χ2n) is 8.27. The lowest BCUT2D eigenvalue weighted by Crippen LogP contribution is -2.57. The molecule has 0 aliphatic heterocycles. The molecule has 16 heteroatoms. The first-order valence-corrected chi connectivity index (χ1v) is 12.8. The Bertz CT molecular complexity index is 856. The molecule has 0 rings (SSSR count). The van der Waals surface area contributed by atoms with E-state index in [0.29, 0.717) is 12.2 Å². The van der Waals surface area contributed by atoms with Gasteiger partial charge in [-0.1, -0.05) is 20.3 Å². The average Bonchev–Trinajstić information content (AvgIpc) is 2.81. The molecule has 0 saturated carbocycles. The minimum Gasteiger partial charge on any atom is -0.481 e. The van der Waals surface area contributed by atoms with Gasteiger partial charge in [0.25, 0.3) is 0 Å². The molecular formula is C21H36N6O9S. The summed E-state index contributed by atoms with van der Waals surface area (Å²) < 4.78 is 0. The van der Waals surface area contributed by atoms with Crippen molar-refractivity contribution >= 4 is 53.2 Å². The Hall–Kier alpha value is -3.40. The summed E-state index contributed by atoms with van der Waals surface area (Å²) in [6.45, 7) is 2.66. The molecule has 37 heavy (non-hydrogen) atoms. The molecule has 0 radical (unpaired) electrons. The number of hydrogen-bond acceptors (Lipinski definition) is 9. The molecule has 0 bridgehead atoms. The Kier molecular flexibility index (Phi) is 15.6. The Balaban J connectivity index is 5.35. The van der Waals surface area contributed by atoms with E-state index in [0.717, 1.165) is 0 Å². The lowest BCUT2D eigenvalue weighted by molar-refractivity contribution is -0.143. The predicted octanol–water partition coefficient (Wildman–Crippen LogP) is -2.88. The second-order valence-corrected chi connectivity index (χ2v) is 9.25. The molecule has 0 aliphatic rings. The number of carbonyl (C=O) groups excluding carboxylic acids is 5. The van der Waals surface area contributed by atoms with Crippen molar-refractivity contribution in [1.29, 1.82) is 0 Å². The maximum absolute atomic E-state index is 12.7. The number of amides is 5. The number of aliphatic carboxylic acids is 2. The number of carbonyl (C=O) groups is 7. The summed E-state index contributed by atoms with van der Waals surface area (Å²) in [6.07, 6.45) is 1.00. The summed E-state index contributed by atoms with van der Waals surface area (Å²) >= 11 is 1.44. The fourth-order valence-electron chi connectivity index (χ4n) is 2.92. The largest absolute Gasteiger partial charge is 0.481 e. The van der Waals surface area contributed by atoms with Crippen molar-refractivity contribution in [3.63, 3.8) is 0 Å². The number of hydrogen-bond donors (Lipinski definition) is 8. The van der Waals surface area contributed by atoms with E-state index in [1.54, 1.807) is 20.1 Å². The third kappa shape index (κ3) is 13.5. The van der Waals surface area contributed by atoms with Crippen LogP contribution >= 0.6 is 11.8 Å². The van der Waals surface area contributed by atoms with Crippen molar-refractivity contribution in [3.8, 4) is 0 Å². The van der Waals surface area contributed by atoms with Crippen molar-refractivity contribution < 1.29 is 43.8 Å². The number of primary amides is 1. The Labute approximate surface area is 218 Å². The Morgan fingerprint density at radius 1 is 0.892 bits per heavy atom. The smallest absolute Gasteiger partial charge is 0.326 e. The molecule has 210 valence electrons. The number of nitrogens with one attached hydrogen (secondary N) is 4. The number of carboxylic acids is 2. The highest BCUT2D eigenvalue weighted by Gasteiger charge is 2.31. The number of carboxylic acid groups (broad SMARTS) is 2. The van der Waals surface area contributed by atoms with Crippen molar-refractivity contribution in [2.24, 2.45) is 17.4 Å². The van der Waals surface area contributed by atoms with Gasteiger partial charge in [0.1, 0.15) is 18.1 Å². The first-order valence-electron chi connectivity index (χ1n) is 11.4. The van der Waals surface area contributed by atoms with Crippen LogP contribution < -0.4 is 32.7 Å². The SMILES string of the molecule is CC[C@H](C)[C@H](NC(=O)CNC(=O)[C@H](CC(=O)O)NC(=O)[C@H](CC(N)=O)NC(=O)[C@@H](N)CCSC)C(=O)O. The van der Waals surface area contributed by atoms with Crippen LogP contribution in [0, 0.1) is 5.92 Å². The maximum Gasteiger partial charge on any atom is 0.326 e. The fraction of sp³-hybridized carbons (Fsp3) is 0.667. The molecule has 0 spiro atoms. The molecule has 5 amide bonds. The summed E-state index contributed by atoms with van der Waals surface area (Å²) in [4.78, 5) is 83.7. The van der Waals surface area contributed by atoms with Crippen LogP contribution in [0.2, 0.25) is 0 Å². The standard InChI is InChI=1S/C21H36N6O9S/c1-4-10(2)17(21(35)36)27-15(29)9-24-19(33)13(8-16(30)31)26-20(34)12(7-14(23)28)25-18(32)11(22)5-6-37-3/h10-13,17H,4-9,22H2,1-3H3,(H2,23,28)(H,24,33)(H,25,32)(H,26,34)(H,27,29)(H,30,31)(H,35,36)/t10-,11-,12-,13-,17-/m0/s1. The molecule has 0 aromatic carbocycles. The Morgan fingerprint density at radius 3 is 1.95 bits per heavy atom. The monoisotopic (exact) mass is 548 g/mol. The summed E-state index contributed by atoms with van der Waals surface area (Å²) in [7, 11) is 0. The van der Waals surface area contributed by atoms with Gasteiger partial charge < -0.3 is 42.9 Å². The molecule has 10 N–H and O–H groups in total. The molecule has 0 unspecified atom stereocenters. The highest BCUT2D eigenvalue weighted by molar-refractivity contribution is 7.98. The molecular weight excluding hydrogens is 512 g/mol. The van der Waals surface area contributed by atoms with Crippen molar-refractivity contribution in [3.05, 3.63) is 0 Å². The van der Waals surface area contributed by atoms with E-state index in [1.807, 2.05) is 0 Å². The third-order valence-corrected chi connectivity index (χ3v) is 5.88. The molecule has 0 aromatic heterocycles. The quantitative estimate of drug-likeness (QED) is 0.0862. The van der Waals surface area contributed by atoms with Crippen LogP contribution in [-0.2, 0) is 33.6 Å². The van der Waals surface area contributed by atoms with E-state index in [1.165, 1.54) is 11.8 Å². The van der Waals surface area contributed by atoms with Crippen molar-refractivity contribution in [2.75, 3.05) is 18.6 Å². The average molecular weight is 549 g/mol. The summed E-state index contributed by atoms with van der Waals surface area (Å²) in [5.41, 5.74) is 10.9. The van der Waals surface area contributed by atoms with E-state index < -0.39 is 90.9 Å². The highest BCUT2D eigenvalue weighted by Crippen LogP contribution is 2.07. The van der Waals surface area contributed by atoms with Crippen LogP contribution in [0.25, 0.3) is 0 Å². The van der Waals surface area contributed by atoms with E-state index in [-0.39, 0.29) is 6.42 Å². The zero-order valence-corrected chi connectivity index (χ0v) is 21.8. The van der Waals surface area contributed by atoms with Crippen LogP contribution in [0.1, 0.15) is 39.5 Å². The molecule has 15 nitrogen and oxygen atoms in total. The lowest BCUT2D eigenvalue weighted by Gasteiger charge is -2.23. The van der Waals surface area contributed by atoms with Gasteiger partial charge >= 0.3 is 11.9 Å². The number of rotatable bonds is 18. The van der Waals surface area contributed by atoms with E-state index in [4.69, 9.17) is 16.6 Å². The van der Waals surface area contributed by atoms with E-state index in [9.17, 15) is 38.7 Å². The Morgan fingerprint density at radius 2 is 1.46 bits per heavy atom. The molecule has 0 heterocycles. The van der Waals surface area contributed by atoms with Gasteiger partial charge in [-0.05, 0) is 24.3 Å². The summed E-state index contributed by atoms with van der Waals surface area (Å²) in [5, 5.41) is 27.2. The van der Waals surface area contributed by atoms with Crippen LogP contribution in [0.15, 0.2) is 0 Å². The molecule has 0 aliphatic carbocycles. The summed E-state index contributed by atoms with van der Waals surface area (Å²) in [5.74, 6) is -7.27. The zero-order chi connectivity index (χ0) is 28.7. The van der Waals surface area contributed by atoms with Gasteiger partial charge in [-0.3, -0.25) is 28.8 Å². The second kappa shape index (κ2) is 17.1. The fourth-order valence-corrected chi connectivity index (χ4v) is 3.41. The van der Waals surface area contributed by atoms with Gasteiger partial charge in [0, 0.05) is 0 Å². The first kappa shape index (κ1) is 33.6. The van der Waals surface area contributed by atoms with Crippen LogP contribution in [0.3, 0.4) is 0 Å². The minimum atomic E-state index is -1.69. The van der Waals surface area contributed by atoms with Crippen LogP contribution in [0.5, 0.6) is 0 Å². The summed E-state index contributed by atoms with van der Waals surface area (Å²) in [6, 6.07) is -5.42. The zero-order valence-electron chi connectivity index (χ0n) is 20.9. The van der Waals surface area contributed by atoms with Gasteiger partial charge in [-0.2, -0.15) is 11.8 Å². The van der Waals surface area contributed by atoms with Crippen molar-refractivity contribution in [1.82, 2.24) is 21.3 Å². The highest BCUT2D eigenvalue weighted by atomic mass is 32.2. The van der Waals surface area contributed by atoms with Gasteiger partial charge in [0.15, 0.2) is 0 Å². The van der Waals surface area contributed by atoms with E-state index >= 15 is 0 Å². The third-order valence-electron chi connectivity index (χ3n) is 5.24. The van der Waals surface area contributed by atoms with Gasteiger partial charge in [-0.25, -0.2) is 4.79 Å². The normalized spacial score (nSPS) is 14.7. The first-order chi connectivity index (χ1) is 17.2. The molecule has 0 saturated heterocycles. The van der Waals surface area contributed by atoms with Crippen LogP contribution in [0.4, 0.5) is 0 Å². The minimum absolute atomic E-state index is 0.282. The van der Waals surface area contributed by atoms with E-state index in [2.05, 4.69) is 21.3 Å². The topological polar surface area (TPSA) is 260 Å². The van der Waals surface area contributed by atoms with Gasteiger partial charge in [-0.15, -0.1) is 0 Å². The van der Waals surface area contributed by atoms with Gasteiger partial charge in [0.2, 0.25) is 29.5 Å². The lowest BCUT2D eigenvalue weighted by atomic mass is 9.99. The molecule has 5 atom stereocenters. The van der Waals surface area contributed by atoms with Crippen molar-refractivity contribution in [2.45, 2.75) is 63.7 Å². The molecule has 0 fully saturated rings. The predicted molar refractivity (Wildman–Crippen MR) is 133 cm³/mol. The maximum atomic E-state index is 12.7. The number of nitrogens with two attached hydrogens (primary N) is 2. The number of thioether (sulfide) groups is 1. The van der Waals surface area contributed by atoms with Gasteiger partial charge in [0.05, 0.1) is 25.4 Å².